The normalized spacial score (nSPS) is 16.4. The SMILES string of the molecule is CCC(C)CN(C(O)(CCNC(=O)CC(C)S)Cc1ccccc1)S(=O)(=O)c1ccc2c(c1)OCO2. The first kappa shape index (κ1) is 28.3. The van der Waals surface area contributed by atoms with Gasteiger partial charge in [-0.1, -0.05) is 57.5 Å². The molecule has 8 nitrogen and oxygen atoms in total. The van der Waals surface area contributed by atoms with E-state index < -0.39 is 15.7 Å². The number of nitrogens with one attached hydrogen (secondary N) is 1. The molecule has 10 heteroatoms. The number of carbonyl (C=O) groups excluding carboxylic acids is 1. The summed E-state index contributed by atoms with van der Waals surface area (Å²) in [5, 5.41) is 14.8. The minimum atomic E-state index is -4.15. The maximum Gasteiger partial charge on any atom is 0.245 e. The molecule has 0 aliphatic carbocycles. The zero-order valence-corrected chi connectivity index (χ0v) is 22.7. The van der Waals surface area contributed by atoms with Crippen LogP contribution in [0.15, 0.2) is 53.4 Å². The van der Waals surface area contributed by atoms with Crippen LogP contribution in [-0.4, -0.2) is 54.6 Å². The predicted octanol–water partition coefficient (Wildman–Crippen LogP) is 3.60. The van der Waals surface area contributed by atoms with Crippen molar-refractivity contribution < 1.29 is 27.8 Å². The van der Waals surface area contributed by atoms with E-state index in [1.54, 1.807) is 6.07 Å². The minimum Gasteiger partial charge on any atom is -0.454 e. The lowest BCUT2D eigenvalue weighted by Crippen LogP contribution is -2.56. The Labute approximate surface area is 219 Å². The Hall–Kier alpha value is -2.27. The van der Waals surface area contributed by atoms with E-state index in [2.05, 4.69) is 17.9 Å². The van der Waals surface area contributed by atoms with Crippen LogP contribution in [0, 0.1) is 5.92 Å². The second-order valence-corrected chi connectivity index (χ2v) is 12.1. The third-order valence-corrected chi connectivity index (χ3v) is 8.33. The van der Waals surface area contributed by atoms with Crippen molar-refractivity contribution in [2.24, 2.45) is 5.92 Å². The highest BCUT2D eigenvalue weighted by molar-refractivity contribution is 7.89. The third-order valence-electron chi connectivity index (χ3n) is 6.23. The number of rotatable bonds is 13. The quantitative estimate of drug-likeness (QED) is 0.267. The number of amides is 1. The van der Waals surface area contributed by atoms with Crippen LogP contribution in [0.25, 0.3) is 0 Å². The molecule has 1 aliphatic heterocycles. The van der Waals surface area contributed by atoms with Crippen LogP contribution in [0.1, 0.15) is 45.6 Å². The fourth-order valence-corrected chi connectivity index (χ4v) is 6.01. The highest BCUT2D eigenvalue weighted by Crippen LogP contribution is 2.37. The molecule has 1 heterocycles. The van der Waals surface area contributed by atoms with Gasteiger partial charge < -0.3 is 19.9 Å². The molecule has 0 fully saturated rings. The molecule has 0 spiro atoms. The molecule has 3 unspecified atom stereocenters. The number of aliphatic hydroxyl groups is 1. The summed E-state index contributed by atoms with van der Waals surface area (Å²) in [5.41, 5.74) is -1.01. The van der Waals surface area contributed by atoms with Gasteiger partial charge in [0, 0.05) is 43.7 Å². The van der Waals surface area contributed by atoms with Crippen molar-refractivity contribution >= 4 is 28.6 Å². The maximum atomic E-state index is 14.0. The minimum absolute atomic E-state index is 0.00873. The molecule has 0 saturated heterocycles. The van der Waals surface area contributed by atoms with Gasteiger partial charge in [0.25, 0.3) is 0 Å². The zero-order chi connectivity index (χ0) is 26.3. The molecule has 3 rings (SSSR count). The van der Waals surface area contributed by atoms with Crippen molar-refractivity contribution in [3.63, 3.8) is 0 Å². The molecule has 2 aromatic carbocycles. The Bertz CT molecular complexity index is 1130. The molecule has 0 saturated carbocycles. The highest BCUT2D eigenvalue weighted by atomic mass is 32.2. The summed E-state index contributed by atoms with van der Waals surface area (Å²) in [6.45, 7) is 5.98. The average molecular weight is 537 g/mol. The van der Waals surface area contributed by atoms with Crippen molar-refractivity contribution in [2.75, 3.05) is 19.9 Å². The van der Waals surface area contributed by atoms with E-state index in [1.807, 2.05) is 51.1 Å². The van der Waals surface area contributed by atoms with Crippen LogP contribution in [0.3, 0.4) is 0 Å². The summed E-state index contributed by atoms with van der Waals surface area (Å²) in [4.78, 5) is 12.2. The van der Waals surface area contributed by atoms with E-state index in [9.17, 15) is 18.3 Å². The fraction of sp³-hybridized carbons (Fsp3) is 0.500. The Morgan fingerprint density at radius 3 is 2.53 bits per heavy atom. The zero-order valence-electron chi connectivity index (χ0n) is 21.0. The number of sulfonamides is 1. The number of ether oxygens (including phenoxy) is 2. The van der Waals surface area contributed by atoms with Gasteiger partial charge in [0.05, 0.1) is 4.90 Å². The Morgan fingerprint density at radius 1 is 1.17 bits per heavy atom. The van der Waals surface area contributed by atoms with Crippen LogP contribution in [0.2, 0.25) is 0 Å². The molecular formula is C26H36N2O6S2. The molecule has 36 heavy (non-hydrogen) atoms. The third kappa shape index (κ3) is 7.15. The van der Waals surface area contributed by atoms with Crippen LogP contribution < -0.4 is 14.8 Å². The molecule has 2 aromatic rings. The molecular weight excluding hydrogens is 500 g/mol. The van der Waals surface area contributed by atoms with Crippen LogP contribution in [0.4, 0.5) is 0 Å². The van der Waals surface area contributed by atoms with Gasteiger partial charge in [-0.05, 0) is 23.6 Å². The largest absolute Gasteiger partial charge is 0.454 e. The van der Waals surface area contributed by atoms with Crippen molar-refractivity contribution in [1.29, 1.82) is 0 Å². The van der Waals surface area contributed by atoms with Crippen LogP contribution in [0.5, 0.6) is 11.5 Å². The number of hydrogen-bond donors (Lipinski definition) is 3. The van der Waals surface area contributed by atoms with Gasteiger partial charge in [-0.25, -0.2) is 8.42 Å². The van der Waals surface area contributed by atoms with E-state index in [4.69, 9.17) is 9.47 Å². The molecule has 0 aromatic heterocycles. The smallest absolute Gasteiger partial charge is 0.245 e. The number of benzene rings is 2. The van der Waals surface area contributed by atoms with Gasteiger partial charge >= 0.3 is 0 Å². The first-order chi connectivity index (χ1) is 17.0. The van der Waals surface area contributed by atoms with E-state index in [-0.39, 0.29) is 61.1 Å². The fourth-order valence-electron chi connectivity index (χ4n) is 4.04. The lowest BCUT2D eigenvalue weighted by Gasteiger charge is -2.40. The van der Waals surface area contributed by atoms with Gasteiger partial charge in [0.1, 0.15) is 5.72 Å². The van der Waals surface area contributed by atoms with Gasteiger partial charge in [-0.3, -0.25) is 4.79 Å². The summed E-state index contributed by atoms with van der Waals surface area (Å²) >= 11 is 4.25. The number of hydrogen-bond acceptors (Lipinski definition) is 7. The first-order valence-corrected chi connectivity index (χ1v) is 14.1. The Morgan fingerprint density at radius 2 is 1.86 bits per heavy atom. The lowest BCUT2D eigenvalue weighted by molar-refractivity contribution is -0.121. The maximum absolute atomic E-state index is 14.0. The van der Waals surface area contributed by atoms with E-state index in [0.717, 1.165) is 12.0 Å². The second kappa shape index (κ2) is 12.3. The standard InChI is InChI=1S/C26H36N2O6S2/c1-4-19(2)17-28(36(31,32)22-10-11-23-24(15-22)34-18-33-23)26(30,16-21-8-6-5-7-9-21)12-13-27-25(29)14-20(3)35/h5-11,15,19-20,30,35H,4,12-14,16-18H2,1-3H3,(H,27,29). The van der Waals surface area contributed by atoms with Gasteiger partial charge in [0.15, 0.2) is 11.5 Å². The molecule has 0 radical (unpaired) electrons. The molecule has 1 amide bonds. The van der Waals surface area contributed by atoms with Crippen LogP contribution in [-0.2, 0) is 21.2 Å². The monoisotopic (exact) mass is 536 g/mol. The predicted molar refractivity (Wildman–Crippen MR) is 142 cm³/mol. The molecule has 2 N–H and O–H groups in total. The number of fused-ring (bicyclic) bond motifs is 1. The van der Waals surface area contributed by atoms with Crippen molar-refractivity contribution in [3.8, 4) is 11.5 Å². The Balaban J connectivity index is 1.99. The number of thiol groups is 1. The van der Waals surface area contributed by atoms with Gasteiger partial charge in [-0.15, -0.1) is 0 Å². The second-order valence-electron chi connectivity index (χ2n) is 9.36. The summed E-state index contributed by atoms with van der Waals surface area (Å²) in [7, 11) is -4.15. The van der Waals surface area contributed by atoms with Gasteiger partial charge in [-0.2, -0.15) is 16.9 Å². The lowest BCUT2D eigenvalue weighted by atomic mass is 9.98. The summed E-state index contributed by atoms with van der Waals surface area (Å²) < 4.78 is 40.0. The molecule has 1 aliphatic rings. The van der Waals surface area contributed by atoms with Crippen molar-refractivity contribution in [2.45, 2.75) is 62.3 Å². The Kier molecular flexibility index (Phi) is 9.68. The van der Waals surface area contributed by atoms with E-state index in [1.165, 1.54) is 16.4 Å². The first-order valence-electron chi connectivity index (χ1n) is 12.2. The van der Waals surface area contributed by atoms with Crippen molar-refractivity contribution in [3.05, 3.63) is 54.1 Å². The summed E-state index contributed by atoms with van der Waals surface area (Å²) in [5.74, 6) is 0.602. The van der Waals surface area contributed by atoms with E-state index >= 15 is 0 Å². The number of carbonyl (C=O) groups is 1. The van der Waals surface area contributed by atoms with Crippen LogP contribution >= 0.6 is 12.6 Å². The average Bonchev–Trinajstić information content (AvgIpc) is 3.30. The van der Waals surface area contributed by atoms with Crippen molar-refractivity contribution in [1.82, 2.24) is 9.62 Å². The summed E-state index contributed by atoms with van der Waals surface area (Å²) in [6, 6.07) is 13.7. The number of nitrogens with zero attached hydrogens (tertiary/aromatic N) is 1. The molecule has 3 atom stereocenters. The summed E-state index contributed by atoms with van der Waals surface area (Å²) in [6.07, 6.45) is 1.03. The molecule has 0 bridgehead atoms. The highest BCUT2D eigenvalue weighted by Gasteiger charge is 2.43. The van der Waals surface area contributed by atoms with E-state index in [0.29, 0.717) is 11.5 Å². The van der Waals surface area contributed by atoms with Gasteiger partial charge in [0.2, 0.25) is 22.7 Å². The topological polar surface area (TPSA) is 105 Å². The molecule has 198 valence electrons.